The second-order valence-corrected chi connectivity index (χ2v) is 6.52. The van der Waals surface area contributed by atoms with Crippen molar-refractivity contribution >= 4 is 11.9 Å². The summed E-state index contributed by atoms with van der Waals surface area (Å²) in [5.74, 6) is -2.52. The molecular formula is C19H17F3N2O4. The lowest BCUT2D eigenvalue weighted by atomic mass is 9.86. The minimum absolute atomic E-state index is 0.0847. The molecule has 0 spiro atoms. The molecule has 1 atom stereocenters. The molecule has 0 radical (unpaired) electrons. The Bertz CT molecular complexity index is 873. The smallest absolute Gasteiger partial charge is 0.406 e. The number of carboxylic acids is 1. The van der Waals surface area contributed by atoms with Crippen molar-refractivity contribution in [3.8, 4) is 5.88 Å². The molecule has 2 aromatic rings. The number of alkyl halides is 3. The van der Waals surface area contributed by atoms with Gasteiger partial charge in [0.15, 0.2) is 5.41 Å². The van der Waals surface area contributed by atoms with E-state index < -0.39 is 36.4 Å². The minimum atomic E-state index is -4.95. The van der Waals surface area contributed by atoms with Gasteiger partial charge in [-0.3, -0.25) is 9.59 Å². The molecule has 28 heavy (non-hydrogen) atoms. The predicted octanol–water partition coefficient (Wildman–Crippen LogP) is 3.14. The second-order valence-electron chi connectivity index (χ2n) is 6.52. The van der Waals surface area contributed by atoms with Gasteiger partial charge in [-0.2, -0.15) is 13.2 Å². The van der Waals surface area contributed by atoms with Gasteiger partial charge in [0.2, 0.25) is 5.88 Å². The average Bonchev–Trinajstić information content (AvgIpc) is 3.14. The summed E-state index contributed by atoms with van der Waals surface area (Å²) in [5, 5.41) is 9.10. The number of amides is 1. The standard InChI is InChI=1S/C19H17F3N2O4/c20-19(21,22)18(17(26)27)7-9-24(12-18)16(25)14-6-8-23-15(10-14)28-11-13-4-2-1-3-5-13/h1-6,8,10H,7,9,11-12H2,(H,26,27). The van der Waals surface area contributed by atoms with Crippen LogP contribution in [0.3, 0.4) is 0 Å². The van der Waals surface area contributed by atoms with Crippen molar-refractivity contribution < 1.29 is 32.6 Å². The Balaban J connectivity index is 1.72. The number of likely N-dealkylation sites (tertiary alicyclic amines) is 1. The van der Waals surface area contributed by atoms with Crippen LogP contribution in [-0.2, 0) is 11.4 Å². The van der Waals surface area contributed by atoms with E-state index in [4.69, 9.17) is 9.84 Å². The summed E-state index contributed by atoms with van der Waals surface area (Å²) < 4.78 is 45.4. The van der Waals surface area contributed by atoms with Gasteiger partial charge in [-0.05, 0) is 18.1 Å². The van der Waals surface area contributed by atoms with E-state index in [0.717, 1.165) is 10.5 Å². The number of aromatic nitrogens is 1. The lowest BCUT2D eigenvalue weighted by Gasteiger charge is -2.27. The zero-order valence-corrected chi connectivity index (χ0v) is 14.6. The lowest BCUT2D eigenvalue weighted by Crippen LogP contribution is -2.47. The largest absolute Gasteiger partial charge is 0.481 e. The summed E-state index contributed by atoms with van der Waals surface area (Å²) in [7, 11) is 0. The first kappa shape index (κ1) is 19.7. The molecule has 1 aliphatic heterocycles. The van der Waals surface area contributed by atoms with Crippen LogP contribution < -0.4 is 4.74 Å². The van der Waals surface area contributed by atoms with Crippen LogP contribution in [0.25, 0.3) is 0 Å². The Morgan fingerprint density at radius 3 is 2.54 bits per heavy atom. The maximum atomic E-state index is 13.3. The number of pyridine rings is 1. The number of ether oxygens (including phenoxy) is 1. The van der Waals surface area contributed by atoms with Crippen LogP contribution in [0, 0.1) is 5.41 Å². The van der Waals surface area contributed by atoms with Crippen molar-refractivity contribution in [2.24, 2.45) is 5.41 Å². The Morgan fingerprint density at radius 2 is 1.93 bits per heavy atom. The summed E-state index contributed by atoms with van der Waals surface area (Å²) in [4.78, 5) is 28.7. The lowest BCUT2D eigenvalue weighted by molar-refractivity contribution is -0.227. The van der Waals surface area contributed by atoms with Gasteiger partial charge in [-0.15, -0.1) is 0 Å². The number of hydrogen-bond donors (Lipinski definition) is 1. The number of halogens is 3. The van der Waals surface area contributed by atoms with Gasteiger partial charge < -0.3 is 14.7 Å². The Morgan fingerprint density at radius 1 is 1.21 bits per heavy atom. The Labute approximate surface area is 158 Å². The SMILES string of the molecule is O=C(c1ccnc(OCc2ccccc2)c1)N1CCC(C(=O)O)(C(F)(F)F)C1. The minimum Gasteiger partial charge on any atom is -0.481 e. The molecule has 1 amide bonds. The molecule has 1 aromatic heterocycles. The molecule has 1 saturated heterocycles. The van der Waals surface area contributed by atoms with E-state index in [-0.39, 0.29) is 24.6 Å². The highest BCUT2D eigenvalue weighted by Crippen LogP contribution is 2.46. The number of carboxylic acid groups (broad SMARTS) is 1. The van der Waals surface area contributed by atoms with Crippen LogP contribution in [0.2, 0.25) is 0 Å². The van der Waals surface area contributed by atoms with Crippen LogP contribution in [0.4, 0.5) is 13.2 Å². The van der Waals surface area contributed by atoms with Gasteiger partial charge in [0, 0.05) is 30.9 Å². The fourth-order valence-electron chi connectivity index (χ4n) is 3.05. The molecule has 9 heteroatoms. The van der Waals surface area contributed by atoms with Crippen LogP contribution in [0.15, 0.2) is 48.7 Å². The number of nitrogens with zero attached hydrogens (tertiary/aromatic N) is 2. The quantitative estimate of drug-likeness (QED) is 0.843. The predicted molar refractivity (Wildman–Crippen MR) is 91.7 cm³/mol. The molecule has 3 rings (SSSR count). The van der Waals surface area contributed by atoms with Gasteiger partial charge in [-0.1, -0.05) is 30.3 Å². The Kier molecular flexibility index (Phi) is 5.26. The van der Waals surface area contributed by atoms with Gasteiger partial charge in [-0.25, -0.2) is 4.98 Å². The molecular weight excluding hydrogens is 377 g/mol. The third-order valence-corrected chi connectivity index (χ3v) is 4.72. The molecule has 0 bridgehead atoms. The fraction of sp³-hybridized carbons (Fsp3) is 0.316. The van der Waals surface area contributed by atoms with E-state index in [9.17, 15) is 22.8 Å². The summed E-state index contributed by atoms with van der Waals surface area (Å²) in [5.41, 5.74) is -1.97. The van der Waals surface area contributed by atoms with Crippen molar-refractivity contribution in [3.63, 3.8) is 0 Å². The third-order valence-electron chi connectivity index (χ3n) is 4.72. The van der Waals surface area contributed by atoms with E-state index in [1.165, 1.54) is 18.3 Å². The Hall–Kier alpha value is -3.10. The van der Waals surface area contributed by atoms with E-state index in [1.807, 2.05) is 30.3 Å². The van der Waals surface area contributed by atoms with Gasteiger partial charge in [0.05, 0.1) is 0 Å². The van der Waals surface area contributed by atoms with Crippen molar-refractivity contribution in [2.45, 2.75) is 19.2 Å². The maximum absolute atomic E-state index is 13.3. The molecule has 1 fully saturated rings. The zero-order chi connectivity index (χ0) is 20.4. The number of hydrogen-bond acceptors (Lipinski definition) is 4. The molecule has 1 aromatic carbocycles. The highest BCUT2D eigenvalue weighted by molar-refractivity contribution is 5.95. The van der Waals surface area contributed by atoms with E-state index >= 15 is 0 Å². The summed E-state index contributed by atoms with van der Waals surface area (Å²) in [6, 6.07) is 11.9. The van der Waals surface area contributed by atoms with Crippen LogP contribution in [0.1, 0.15) is 22.3 Å². The zero-order valence-electron chi connectivity index (χ0n) is 14.6. The highest BCUT2D eigenvalue weighted by atomic mass is 19.4. The number of carbonyl (C=O) groups is 2. The van der Waals surface area contributed by atoms with Crippen molar-refractivity contribution in [1.82, 2.24) is 9.88 Å². The van der Waals surface area contributed by atoms with E-state index in [1.54, 1.807) is 0 Å². The molecule has 2 heterocycles. The van der Waals surface area contributed by atoms with Crippen LogP contribution in [-0.4, -0.2) is 46.1 Å². The van der Waals surface area contributed by atoms with Crippen LogP contribution >= 0.6 is 0 Å². The average molecular weight is 394 g/mol. The first-order chi connectivity index (χ1) is 13.2. The van der Waals surface area contributed by atoms with Gasteiger partial charge in [0.1, 0.15) is 6.61 Å². The third kappa shape index (κ3) is 3.78. The van der Waals surface area contributed by atoms with Crippen molar-refractivity contribution in [1.29, 1.82) is 0 Å². The fourth-order valence-corrected chi connectivity index (χ4v) is 3.05. The first-order valence-corrected chi connectivity index (χ1v) is 8.45. The monoisotopic (exact) mass is 394 g/mol. The van der Waals surface area contributed by atoms with Crippen molar-refractivity contribution in [2.75, 3.05) is 13.1 Å². The number of rotatable bonds is 5. The summed E-state index contributed by atoms with van der Waals surface area (Å²) in [6.45, 7) is -1.01. The molecule has 1 aliphatic rings. The van der Waals surface area contributed by atoms with E-state index in [2.05, 4.69) is 4.98 Å². The number of carbonyl (C=O) groups excluding carboxylic acids is 1. The molecule has 148 valence electrons. The first-order valence-electron chi connectivity index (χ1n) is 8.45. The topological polar surface area (TPSA) is 79.7 Å². The molecule has 0 saturated carbocycles. The van der Waals surface area contributed by atoms with Crippen LogP contribution in [0.5, 0.6) is 5.88 Å². The second kappa shape index (κ2) is 7.49. The maximum Gasteiger partial charge on any atom is 0.406 e. The molecule has 0 aliphatic carbocycles. The molecule has 6 nitrogen and oxygen atoms in total. The van der Waals surface area contributed by atoms with Gasteiger partial charge in [0.25, 0.3) is 5.91 Å². The number of benzene rings is 1. The summed E-state index contributed by atoms with van der Waals surface area (Å²) in [6.07, 6.45) is -4.31. The number of aliphatic carboxylic acids is 1. The normalized spacial score (nSPS) is 19.5. The summed E-state index contributed by atoms with van der Waals surface area (Å²) >= 11 is 0. The van der Waals surface area contributed by atoms with Crippen molar-refractivity contribution in [3.05, 3.63) is 59.8 Å². The molecule has 1 N–H and O–H groups in total. The van der Waals surface area contributed by atoms with E-state index in [0.29, 0.717) is 0 Å². The van der Waals surface area contributed by atoms with Gasteiger partial charge >= 0.3 is 12.1 Å². The highest BCUT2D eigenvalue weighted by Gasteiger charge is 2.64. The molecule has 1 unspecified atom stereocenters.